The summed E-state index contributed by atoms with van der Waals surface area (Å²) in [6.45, 7) is 4.95. The van der Waals surface area contributed by atoms with E-state index >= 15 is 0 Å². The Morgan fingerprint density at radius 1 is 1.24 bits per heavy atom. The van der Waals surface area contributed by atoms with Gasteiger partial charge in [-0.2, -0.15) is 0 Å². The topological polar surface area (TPSA) is 56.7 Å². The van der Waals surface area contributed by atoms with E-state index in [2.05, 4.69) is 9.97 Å². The molecule has 92 valence electrons. The van der Waals surface area contributed by atoms with E-state index in [4.69, 9.17) is 5.73 Å². The second kappa shape index (κ2) is 3.94. The van der Waals surface area contributed by atoms with Gasteiger partial charge in [-0.15, -0.1) is 0 Å². The van der Waals surface area contributed by atoms with E-state index < -0.39 is 6.43 Å². The minimum absolute atomic E-state index is 0.348. The van der Waals surface area contributed by atoms with Crippen LogP contribution in [-0.4, -0.2) is 21.0 Å². The van der Waals surface area contributed by atoms with Gasteiger partial charge in [0.15, 0.2) is 0 Å². The normalized spacial score (nSPS) is 11.6. The zero-order chi connectivity index (χ0) is 12.7. The molecule has 0 bridgehead atoms. The highest BCUT2D eigenvalue weighted by molar-refractivity contribution is 5.91. The van der Waals surface area contributed by atoms with Crippen molar-refractivity contribution in [1.29, 1.82) is 0 Å². The summed E-state index contributed by atoms with van der Waals surface area (Å²) in [5.41, 5.74) is 7.93. The van der Waals surface area contributed by atoms with Crippen LogP contribution in [0, 0.1) is 20.8 Å². The van der Waals surface area contributed by atoms with Gasteiger partial charge in [-0.3, -0.25) is 0 Å². The second-order valence-electron chi connectivity index (χ2n) is 4.07. The van der Waals surface area contributed by atoms with Gasteiger partial charge >= 0.3 is 0 Å². The van der Waals surface area contributed by atoms with Crippen molar-refractivity contribution in [2.24, 2.45) is 0 Å². The van der Waals surface area contributed by atoms with Gasteiger partial charge in [-0.1, -0.05) is 0 Å². The molecular formula is C11H14F2N4. The van der Waals surface area contributed by atoms with Crippen LogP contribution in [-0.2, 0) is 6.54 Å². The number of nitrogens with zero attached hydrogens (tertiary/aromatic N) is 3. The van der Waals surface area contributed by atoms with E-state index in [1.807, 2.05) is 6.92 Å². The molecule has 0 saturated carbocycles. The third kappa shape index (κ3) is 1.83. The molecule has 0 saturated heterocycles. The summed E-state index contributed by atoms with van der Waals surface area (Å²) in [6.07, 6.45) is -2.42. The van der Waals surface area contributed by atoms with Crippen LogP contribution in [0.1, 0.15) is 17.1 Å². The van der Waals surface area contributed by atoms with Crippen molar-refractivity contribution in [3.8, 4) is 0 Å². The van der Waals surface area contributed by atoms with Crippen molar-refractivity contribution in [3.63, 3.8) is 0 Å². The molecule has 0 spiro atoms. The molecule has 4 nitrogen and oxygen atoms in total. The number of nitrogens with two attached hydrogens (primary N) is 1. The van der Waals surface area contributed by atoms with Crippen molar-refractivity contribution in [1.82, 2.24) is 14.5 Å². The minimum atomic E-state index is -2.42. The molecule has 2 N–H and O–H groups in total. The van der Waals surface area contributed by atoms with Gasteiger partial charge in [0.05, 0.1) is 11.9 Å². The third-order valence-electron chi connectivity index (χ3n) is 2.93. The van der Waals surface area contributed by atoms with Gasteiger partial charge in [0.2, 0.25) is 0 Å². The van der Waals surface area contributed by atoms with Gasteiger partial charge in [0.25, 0.3) is 6.43 Å². The molecule has 0 aromatic carbocycles. The molecule has 0 aliphatic rings. The molecule has 2 aromatic rings. The molecule has 0 aliphatic carbocycles. The van der Waals surface area contributed by atoms with Gasteiger partial charge < -0.3 is 10.3 Å². The highest BCUT2D eigenvalue weighted by Gasteiger charge is 2.18. The van der Waals surface area contributed by atoms with Crippen molar-refractivity contribution < 1.29 is 8.78 Å². The quantitative estimate of drug-likeness (QED) is 0.875. The van der Waals surface area contributed by atoms with Crippen molar-refractivity contribution in [3.05, 3.63) is 17.1 Å². The number of fused-ring (bicyclic) bond motifs is 1. The van der Waals surface area contributed by atoms with Crippen LogP contribution < -0.4 is 5.73 Å². The first-order chi connectivity index (χ1) is 7.91. The molecule has 0 aliphatic heterocycles. The molecular weight excluding hydrogens is 226 g/mol. The fourth-order valence-corrected chi connectivity index (χ4v) is 2.04. The maximum Gasteiger partial charge on any atom is 0.256 e. The zero-order valence-corrected chi connectivity index (χ0v) is 9.96. The Labute approximate surface area is 97.5 Å². The van der Waals surface area contributed by atoms with E-state index in [1.54, 1.807) is 13.8 Å². The molecule has 0 amide bonds. The summed E-state index contributed by atoms with van der Waals surface area (Å²) in [5.74, 6) is 0.837. The molecule has 0 fully saturated rings. The SMILES string of the molecule is Cc1nc(N)c2c(C)c(C)n(CC(F)F)c2n1. The molecule has 0 radical (unpaired) electrons. The Hall–Kier alpha value is -1.72. The molecule has 2 rings (SSSR count). The number of alkyl halides is 2. The van der Waals surface area contributed by atoms with Crippen molar-refractivity contribution in [2.75, 3.05) is 5.73 Å². The van der Waals surface area contributed by atoms with Gasteiger partial charge in [-0.05, 0) is 26.3 Å². The Morgan fingerprint density at radius 2 is 1.88 bits per heavy atom. The standard InChI is InChI=1S/C11H14F2N4/c1-5-6(2)17(4-8(12)13)11-9(5)10(14)15-7(3)16-11/h8H,4H2,1-3H3,(H2,14,15,16). The summed E-state index contributed by atoms with van der Waals surface area (Å²) in [6, 6.07) is 0. The number of nitrogen functional groups attached to an aromatic ring is 1. The van der Waals surface area contributed by atoms with Crippen LogP contribution in [0.2, 0.25) is 0 Å². The average Bonchev–Trinajstić information content (AvgIpc) is 2.42. The molecule has 17 heavy (non-hydrogen) atoms. The zero-order valence-electron chi connectivity index (χ0n) is 9.96. The molecule has 2 heterocycles. The lowest BCUT2D eigenvalue weighted by Crippen LogP contribution is -2.09. The second-order valence-corrected chi connectivity index (χ2v) is 4.07. The fourth-order valence-electron chi connectivity index (χ4n) is 2.04. The largest absolute Gasteiger partial charge is 0.383 e. The lowest BCUT2D eigenvalue weighted by Gasteiger charge is -2.07. The van der Waals surface area contributed by atoms with E-state index in [0.717, 1.165) is 11.3 Å². The first-order valence-corrected chi connectivity index (χ1v) is 5.29. The monoisotopic (exact) mass is 240 g/mol. The lowest BCUT2D eigenvalue weighted by molar-refractivity contribution is 0.127. The van der Waals surface area contributed by atoms with Crippen molar-refractivity contribution >= 4 is 16.9 Å². The Bertz CT molecular complexity index is 575. The number of aryl methyl sites for hydroxylation is 2. The maximum atomic E-state index is 12.5. The van der Waals surface area contributed by atoms with Crippen LogP contribution in [0.5, 0.6) is 0 Å². The maximum absolute atomic E-state index is 12.5. The van der Waals surface area contributed by atoms with Crippen molar-refractivity contribution in [2.45, 2.75) is 33.7 Å². The summed E-state index contributed by atoms with van der Waals surface area (Å²) < 4.78 is 26.6. The third-order valence-corrected chi connectivity index (χ3v) is 2.93. The molecule has 6 heteroatoms. The van der Waals surface area contributed by atoms with E-state index in [-0.39, 0.29) is 6.54 Å². The summed E-state index contributed by atoms with van der Waals surface area (Å²) >= 11 is 0. The molecule has 2 aromatic heterocycles. The number of anilines is 1. The van der Waals surface area contributed by atoms with Crippen LogP contribution in [0.4, 0.5) is 14.6 Å². The predicted octanol–water partition coefficient (Wildman–Crippen LogP) is 2.20. The number of hydrogen-bond donors (Lipinski definition) is 1. The smallest absolute Gasteiger partial charge is 0.256 e. The van der Waals surface area contributed by atoms with Crippen LogP contribution >= 0.6 is 0 Å². The lowest BCUT2D eigenvalue weighted by atomic mass is 10.2. The predicted molar refractivity (Wildman–Crippen MR) is 62.2 cm³/mol. The fraction of sp³-hybridized carbons (Fsp3) is 0.455. The average molecular weight is 240 g/mol. The number of rotatable bonds is 2. The summed E-state index contributed by atoms with van der Waals surface area (Å²) in [5, 5.41) is 0.675. The molecule has 0 unspecified atom stereocenters. The first kappa shape index (κ1) is 11.8. The number of aromatic nitrogens is 3. The summed E-state index contributed by atoms with van der Waals surface area (Å²) in [4.78, 5) is 8.27. The number of hydrogen-bond acceptors (Lipinski definition) is 3. The minimum Gasteiger partial charge on any atom is -0.383 e. The Kier molecular flexibility index (Phi) is 2.73. The Morgan fingerprint density at radius 3 is 2.47 bits per heavy atom. The highest BCUT2D eigenvalue weighted by Crippen LogP contribution is 2.28. The van der Waals surface area contributed by atoms with E-state index in [9.17, 15) is 8.78 Å². The van der Waals surface area contributed by atoms with Crippen LogP contribution in [0.3, 0.4) is 0 Å². The molecule has 0 atom stereocenters. The Balaban J connectivity index is 2.79. The van der Waals surface area contributed by atoms with Gasteiger partial charge in [-0.25, -0.2) is 18.7 Å². The van der Waals surface area contributed by atoms with Gasteiger partial charge in [0.1, 0.15) is 17.3 Å². The first-order valence-electron chi connectivity index (χ1n) is 5.29. The van der Waals surface area contributed by atoms with E-state index in [1.165, 1.54) is 4.57 Å². The highest BCUT2D eigenvalue weighted by atomic mass is 19.3. The summed E-state index contributed by atoms with van der Waals surface area (Å²) in [7, 11) is 0. The van der Waals surface area contributed by atoms with Crippen LogP contribution in [0.15, 0.2) is 0 Å². The number of halogens is 2. The van der Waals surface area contributed by atoms with Gasteiger partial charge in [0, 0.05) is 5.69 Å². The van der Waals surface area contributed by atoms with Crippen LogP contribution in [0.25, 0.3) is 11.0 Å². The van der Waals surface area contributed by atoms with E-state index in [0.29, 0.717) is 22.7 Å².